The monoisotopic (exact) mass is 225 g/mol. The van der Waals surface area contributed by atoms with Crippen LogP contribution in [0.3, 0.4) is 0 Å². The van der Waals surface area contributed by atoms with Gasteiger partial charge in [-0.15, -0.1) is 0 Å². The van der Waals surface area contributed by atoms with Gasteiger partial charge in [-0.05, 0) is 25.2 Å². The second-order valence-electron chi connectivity index (χ2n) is 4.60. The van der Waals surface area contributed by atoms with Gasteiger partial charge < -0.3 is 0 Å². The summed E-state index contributed by atoms with van der Waals surface area (Å²) in [6.07, 6.45) is 1.25. The molecule has 14 heavy (non-hydrogen) atoms. The van der Waals surface area contributed by atoms with Crippen LogP contribution in [0.15, 0.2) is 0 Å². The molecule has 2 fully saturated rings. The molecule has 2 aliphatic rings. The fourth-order valence-electron chi connectivity index (χ4n) is 2.58. The Labute approximate surface area is 81.7 Å². The number of hydrogen-bond acceptors (Lipinski definition) is 2. The minimum absolute atomic E-state index is 0.0683. The van der Waals surface area contributed by atoms with E-state index in [-0.39, 0.29) is 18.1 Å². The molecule has 1 spiro atoms. The molecule has 6 heteroatoms. The molecule has 2 aliphatic carbocycles. The Hall–Kier alpha value is -0.230. The fourth-order valence-corrected chi connectivity index (χ4v) is 3.52. The van der Waals surface area contributed by atoms with E-state index in [2.05, 4.69) is 0 Å². The van der Waals surface area contributed by atoms with Gasteiger partial charge in [-0.25, -0.2) is 22.3 Å². The fraction of sp³-hybridized carbons (Fsp3) is 1.00. The lowest BCUT2D eigenvalue weighted by Crippen LogP contribution is -2.22. The Balaban J connectivity index is 1.97. The highest BCUT2D eigenvalue weighted by Gasteiger charge is 2.72. The van der Waals surface area contributed by atoms with E-state index >= 15 is 0 Å². The summed E-state index contributed by atoms with van der Waals surface area (Å²) in [6.45, 7) is 0. The summed E-state index contributed by atoms with van der Waals surface area (Å²) in [4.78, 5) is 0. The number of alkyl halides is 2. The molecule has 0 saturated heterocycles. The Kier molecular flexibility index (Phi) is 1.96. The maximum atomic E-state index is 12.9. The SMILES string of the molecule is NS(=O)(=O)CC1CCC2(C1)CC2(F)F. The van der Waals surface area contributed by atoms with Crippen LogP contribution in [0.2, 0.25) is 0 Å². The Bertz CT molecular complexity index is 354. The highest BCUT2D eigenvalue weighted by atomic mass is 32.2. The largest absolute Gasteiger partial charge is 0.254 e. The molecular weight excluding hydrogens is 212 g/mol. The summed E-state index contributed by atoms with van der Waals surface area (Å²) in [5, 5.41) is 4.88. The van der Waals surface area contributed by atoms with E-state index in [0.717, 1.165) is 0 Å². The van der Waals surface area contributed by atoms with Gasteiger partial charge in [0.15, 0.2) is 0 Å². The lowest BCUT2D eigenvalue weighted by molar-refractivity contribution is 0.0648. The summed E-state index contributed by atoms with van der Waals surface area (Å²) in [5.74, 6) is -2.87. The van der Waals surface area contributed by atoms with E-state index in [4.69, 9.17) is 5.14 Å². The minimum atomic E-state index is -3.51. The maximum absolute atomic E-state index is 12.9. The third-order valence-corrected chi connectivity index (χ3v) is 4.33. The molecule has 0 aliphatic heterocycles. The number of hydrogen-bond donors (Lipinski definition) is 1. The van der Waals surface area contributed by atoms with Crippen LogP contribution in [0.25, 0.3) is 0 Å². The van der Waals surface area contributed by atoms with Crippen LogP contribution in [-0.4, -0.2) is 20.1 Å². The van der Waals surface area contributed by atoms with Crippen molar-refractivity contribution in [1.29, 1.82) is 0 Å². The minimum Gasteiger partial charge on any atom is -0.229 e. The van der Waals surface area contributed by atoms with Crippen molar-refractivity contribution in [3.8, 4) is 0 Å². The van der Waals surface area contributed by atoms with Crippen molar-refractivity contribution >= 4 is 10.0 Å². The number of rotatable bonds is 2. The van der Waals surface area contributed by atoms with E-state index in [0.29, 0.717) is 19.3 Å². The predicted octanol–water partition coefficient (Wildman–Crippen LogP) is 1.10. The van der Waals surface area contributed by atoms with Gasteiger partial charge in [0.2, 0.25) is 10.0 Å². The Morgan fingerprint density at radius 3 is 2.36 bits per heavy atom. The smallest absolute Gasteiger partial charge is 0.229 e. The number of halogens is 2. The molecular formula is C8H13F2NO2S. The molecule has 82 valence electrons. The molecule has 2 rings (SSSR count). The molecule has 0 aromatic rings. The standard InChI is InChI=1S/C8H13F2NO2S/c9-8(10)5-7(8)2-1-6(3-7)4-14(11,12)13/h6H,1-5H2,(H2,11,12,13). The predicted molar refractivity (Wildman–Crippen MR) is 47.3 cm³/mol. The third kappa shape index (κ3) is 1.65. The average molecular weight is 225 g/mol. The first-order valence-corrected chi connectivity index (χ1v) is 6.34. The molecule has 0 amide bonds. The summed E-state index contributed by atoms with van der Waals surface area (Å²) in [7, 11) is -3.51. The zero-order valence-electron chi connectivity index (χ0n) is 7.67. The molecule has 3 nitrogen and oxygen atoms in total. The van der Waals surface area contributed by atoms with E-state index in [1.807, 2.05) is 0 Å². The van der Waals surface area contributed by atoms with Crippen LogP contribution < -0.4 is 5.14 Å². The summed E-state index contributed by atoms with van der Waals surface area (Å²) < 4.78 is 47.4. The number of primary sulfonamides is 1. The topological polar surface area (TPSA) is 60.2 Å². The first-order chi connectivity index (χ1) is 6.24. The van der Waals surface area contributed by atoms with Crippen LogP contribution in [0, 0.1) is 11.3 Å². The van der Waals surface area contributed by atoms with Crippen LogP contribution in [-0.2, 0) is 10.0 Å². The van der Waals surface area contributed by atoms with E-state index in [1.165, 1.54) is 0 Å². The van der Waals surface area contributed by atoms with Gasteiger partial charge in [0.25, 0.3) is 5.92 Å². The van der Waals surface area contributed by atoms with Crippen molar-refractivity contribution < 1.29 is 17.2 Å². The summed E-state index contributed by atoms with van der Waals surface area (Å²) >= 11 is 0. The van der Waals surface area contributed by atoms with Crippen LogP contribution in [0.1, 0.15) is 25.7 Å². The van der Waals surface area contributed by atoms with Gasteiger partial charge in [-0.1, -0.05) is 0 Å². The lowest BCUT2D eigenvalue weighted by atomic mass is 10.0. The lowest BCUT2D eigenvalue weighted by Gasteiger charge is -2.08. The normalized spacial score (nSPS) is 40.4. The molecule has 0 aromatic carbocycles. The van der Waals surface area contributed by atoms with Gasteiger partial charge in [-0.2, -0.15) is 0 Å². The highest BCUT2D eigenvalue weighted by molar-refractivity contribution is 7.89. The van der Waals surface area contributed by atoms with Gasteiger partial charge in [0, 0.05) is 11.8 Å². The molecule has 0 radical (unpaired) electrons. The quantitative estimate of drug-likeness (QED) is 0.765. The molecule has 0 heterocycles. The first kappa shape index (κ1) is 10.3. The molecule has 0 bridgehead atoms. The summed E-state index contributed by atoms with van der Waals surface area (Å²) in [6, 6.07) is 0. The van der Waals surface area contributed by atoms with Crippen molar-refractivity contribution in [3.05, 3.63) is 0 Å². The Morgan fingerprint density at radius 1 is 1.43 bits per heavy atom. The Morgan fingerprint density at radius 2 is 2.00 bits per heavy atom. The first-order valence-electron chi connectivity index (χ1n) is 4.62. The van der Waals surface area contributed by atoms with Crippen molar-refractivity contribution in [2.45, 2.75) is 31.6 Å². The summed E-state index contributed by atoms with van der Waals surface area (Å²) in [5.41, 5.74) is -0.873. The zero-order chi connectivity index (χ0) is 10.6. The second kappa shape index (κ2) is 2.66. The van der Waals surface area contributed by atoms with E-state index in [9.17, 15) is 17.2 Å². The maximum Gasteiger partial charge on any atom is 0.254 e. The van der Waals surface area contributed by atoms with Crippen molar-refractivity contribution in [3.63, 3.8) is 0 Å². The van der Waals surface area contributed by atoms with Crippen LogP contribution in [0.4, 0.5) is 8.78 Å². The molecule has 2 N–H and O–H groups in total. The van der Waals surface area contributed by atoms with Crippen molar-refractivity contribution in [1.82, 2.24) is 0 Å². The molecule has 0 aromatic heterocycles. The van der Waals surface area contributed by atoms with Gasteiger partial charge in [-0.3, -0.25) is 0 Å². The van der Waals surface area contributed by atoms with E-state index < -0.39 is 21.4 Å². The van der Waals surface area contributed by atoms with Crippen molar-refractivity contribution in [2.75, 3.05) is 5.75 Å². The average Bonchev–Trinajstić information content (AvgIpc) is 2.36. The number of sulfonamides is 1. The zero-order valence-corrected chi connectivity index (χ0v) is 8.49. The van der Waals surface area contributed by atoms with Crippen LogP contribution >= 0.6 is 0 Å². The van der Waals surface area contributed by atoms with Crippen LogP contribution in [0.5, 0.6) is 0 Å². The molecule has 2 saturated carbocycles. The van der Waals surface area contributed by atoms with Gasteiger partial charge >= 0.3 is 0 Å². The highest BCUT2D eigenvalue weighted by Crippen LogP contribution is 2.69. The molecule has 2 atom stereocenters. The van der Waals surface area contributed by atoms with Gasteiger partial charge in [0.05, 0.1) is 5.75 Å². The number of nitrogens with two attached hydrogens (primary N) is 1. The third-order valence-electron chi connectivity index (χ3n) is 3.39. The van der Waals surface area contributed by atoms with E-state index in [1.54, 1.807) is 0 Å². The second-order valence-corrected chi connectivity index (χ2v) is 6.26. The van der Waals surface area contributed by atoms with Gasteiger partial charge in [0.1, 0.15) is 0 Å². The van der Waals surface area contributed by atoms with Crippen molar-refractivity contribution in [2.24, 2.45) is 16.5 Å². The molecule has 2 unspecified atom stereocenters.